The standard InChI is InChI=1S/C16H23NO4/c1-5-17(16(4,12(2)3)14(18)19)15(20)21-11-13-9-7-6-8-10-13/h6-10,12H,5,11H2,1-4H3,(H,18,19). The molecule has 21 heavy (non-hydrogen) atoms. The molecule has 5 nitrogen and oxygen atoms in total. The van der Waals surface area contributed by atoms with Crippen LogP contribution in [0.15, 0.2) is 30.3 Å². The minimum absolute atomic E-state index is 0.129. The van der Waals surface area contributed by atoms with Crippen LogP contribution >= 0.6 is 0 Å². The predicted octanol–water partition coefficient (Wildman–Crippen LogP) is 3.14. The van der Waals surface area contributed by atoms with Crippen LogP contribution in [0.1, 0.15) is 33.3 Å². The quantitative estimate of drug-likeness (QED) is 0.875. The first kappa shape index (κ1) is 17.0. The Morgan fingerprint density at radius 3 is 2.29 bits per heavy atom. The van der Waals surface area contributed by atoms with Crippen molar-refractivity contribution in [2.75, 3.05) is 6.54 Å². The lowest BCUT2D eigenvalue weighted by molar-refractivity contribution is -0.152. The summed E-state index contributed by atoms with van der Waals surface area (Å²) in [5, 5.41) is 9.49. The molecule has 1 atom stereocenters. The van der Waals surface area contributed by atoms with Crippen LogP contribution < -0.4 is 0 Å². The van der Waals surface area contributed by atoms with E-state index in [1.54, 1.807) is 27.7 Å². The number of carboxylic acid groups (broad SMARTS) is 1. The van der Waals surface area contributed by atoms with Crippen molar-refractivity contribution < 1.29 is 19.4 Å². The van der Waals surface area contributed by atoms with Crippen LogP contribution in [0.4, 0.5) is 4.79 Å². The van der Waals surface area contributed by atoms with Crippen LogP contribution in [0.3, 0.4) is 0 Å². The fraction of sp³-hybridized carbons (Fsp3) is 0.500. The zero-order chi connectivity index (χ0) is 16.0. The molecule has 1 unspecified atom stereocenters. The number of carbonyl (C=O) groups excluding carboxylic acids is 1. The van der Waals surface area contributed by atoms with Gasteiger partial charge in [0.1, 0.15) is 12.1 Å². The maximum atomic E-state index is 12.2. The maximum absolute atomic E-state index is 12.2. The fourth-order valence-corrected chi connectivity index (χ4v) is 2.12. The summed E-state index contributed by atoms with van der Waals surface area (Å²) in [7, 11) is 0. The Morgan fingerprint density at radius 2 is 1.86 bits per heavy atom. The van der Waals surface area contributed by atoms with Gasteiger partial charge in [-0.15, -0.1) is 0 Å². The first-order valence-electron chi connectivity index (χ1n) is 7.05. The van der Waals surface area contributed by atoms with Crippen molar-refractivity contribution in [1.29, 1.82) is 0 Å². The van der Waals surface area contributed by atoms with Crippen LogP contribution in [0.25, 0.3) is 0 Å². The van der Waals surface area contributed by atoms with Crippen LogP contribution in [-0.4, -0.2) is 34.2 Å². The zero-order valence-corrected chi connectivity index (χ0v) is 13.0. The molecule has 1 aromatic rings. The molecule has 0 heterocycles. The van der Waals surface area contributed by atoms with Gasteiger partial charge < -0.3 is 9.84 Å². The Balaban J connectivity index is 2.83. The summed E-state index contributed by atoms with van der Waals surface area (Å²) in [6.45, 7) is 7.25. The third-order valence-corrected chi connectivity index (χ3v) is 3.86. The van der Waals surface area contributed by atoms with Crippen molar-refractivity contribution >= 4 is 12.1 Å². The van der Waals surface area contributed by atoms with E-state index >= 15 is 0 Å². The zero-order valence-electron chi connectivity index (χ0n) is 13.0. The van der Waals surface area contributed by atoms with Crippen molar-refractivity contribution in [1.82, 2.24) is 4.90 Å². The van der Waals surface area contributed by atoms with Gasteiger partial charge in [-0.3, -0.25) is 4.90 Å². The Bertz CT molecular complexity index is 486. The van der Waals surface area contributed by atoms with Crippen LogP contribution in [-0.2, 0) is 16.1 Å². The molecule has 1 N–H and O–H groups in total. The van der Waals surface area contributed by atoms with E-state index in [0.29, 0.717) is 0 Å². The Kier molecular flexibility index (Phi) is 5.76. The lowest BCUT2D eigenvalue weighted by atomic mass is 9.87. The van der Waals surface area contributed by atoms with Gasteiger partial charge in [0.2, 0.25) is 0 Å². The van der Waals surface area contributed by atoms with E-state index < -0.39 is 17.6 Å². The SMILES string of the molecule is CCN(C(=O)OCc1ccccc1)C(C)(C(=O)O)C(C)C. The van der Waals surface area contributed by atoms with Gasteiger partial charge in [-0.05, 0) is 25.3 Å². The van der Waals surface area contributed by atoms with E-state index in [4.69, 9.17) is 4.74 Å². The van der Waals surface area contributed by atoms with E-state index in [9.17, 15) is 14.7 Å². The Hall–Kier alpha value is -2.04. The molecule has 1 amide bonds. The topological polar surface area (TPSA) is 66.8 Å². The van der Waals surface area contributed by atoms with E-state index in [1.165, 1.54) is 4.90 Å². The van der Waals surface area contributed by atoms with Gasteiger partial charge in [-0.2, -0.15) is 0 Å². The molecule has 0 aliphatic heterocycles. The summed E-state index contributed by atoms with van der Waals surface area (Å²) >= 11 is 0. The van der Waals surface area contributed by atoms with Gasteiger partial charge >= 0.3 is 12.1 Å². The second kappa shape index (κ2) is 7.11. The average molecular weight is 293 g/mol. The highest BCUT2D eigenvalue weighted by Crippen LogP contribution is 2.26. The molecule has 0 bridgehead atoms. The lowest BCUT2D eigenvalue weighted by Gasteiger charge is -2.39. The maximum Gasteiger partial charge on any atom is 0.411 e. The molecule has 1 rings (SSSR count). The minimum Gasteiger partial charge on any atom is -0.479 e. The van der Waals surface area contributed by atoms with Crippen LogP contribution in [0.2, 0.25) is 0 Å². The second-order valence-electron chi connectivity index (χ2n) is 5.39. The number of amides is 1. The smallest absolute Gasteiger partial charge is 0.411 e. The molecule has 5 heteroatoms. The number of carboxylic acids is 1. The minimum atomic E-state index is -1.29. The number of hydrogen-bond acceptors (Lipinski definition) is 3. The van der Waals surface area contributed by atoms with Gasteiger partial charge in [0.15, 0.2) is 0 Å². The highest BCUT2D eigenvalue weighted by molar-refractivity contribution is 5.84. The molecule has 0 aromatic heterocycles. The summed E-state index contributed by atoms with van der Waals surface area (Å²) in [5.74, 6) is -1.27. The molecule has 0 fully saturated rings. The van der Waals surface area contributed by atoms with Gasteiger partial charge in [-0.25, -0.2) is 9.59 Å². The lowest BCUT2D eigenvalue weighted by Crippen LogP contribution is -2.58. The molecule has 1 aromatic carbocycles. The molecule has 0 saturated carbocycles. The third-order valence-electron chi connectivity index (χ3n) is 3.86. The number of aliphatic carboxylic acids is 1. The number of rotatable bonds is 6. The molecule has 0 aliphatic carbocycles. The van der Waals surface area contributed by atoms with Gasteiger partial charge in [0.05, 0.1) is 0 Å². The number of ether oxygens (including phenoxy) is 1. The van der Waals surface area contributed by atoms with Crippen molar-refractivity contribution in [2.45, 2.75) is 39.8 Å². The van der Waals surface area contributed by atoms with Gasteiger partial charge in [0.25, 0.3) is 0 Å². The fourth-order valence-electron chi connectivity index (χ4n) is 2.12. The Morgan fingerprint density at radius 1 is 1.29 bits per heavy atom. The van der Waals surface area contributed by atoms with Crippen molar-refractivity contribution in [3.63, 3.8) is 0 Å². The summed E-state index contributed by atoms with van der Waals surface area (Å²) in [4.78, 5) is 25.1. The summed E-state index contributed by atoms with van der Waals surface area (Å²) < 4.78 is 5.25. The number of nitrogens with zero attached hydrogens (tertiary/aromatic N) is 1. The molecule has 0 aliphatic rings. The second-order valence-corrected chi connectivity index (χ2v) is 5.39. The number of benzene rings is 1. The summed E-state index contributed by atoms with van der Waals surface area (Å²) in [6.07, 6.45) is -0.611. The number of carbonyl (C=O) groups is 2. The third kappa shape index (κ3) is 3.74. The highest BCUT2D eigenvalue weighted by atomic mass is 16.6. The average Bonchev–Trinajstić information content (AvgIpc) is 2.46. The molecule has 0 saturated heterocycles. The molecular weight excluding hydrogens is 270 g/mol. The van der Waals surface area contributed by atoms with E-state index in [-0.39, 0.29) is 19.1 Å². The van der Waals surface area contributed by atoms with Crippen molar-refractivity contribution in [2.24, 2.45) is 5.92 Å². The first-order valence-corrected chi connectivity index (χ1v) is 7.05. The van der Waals surface area contributed by atoms with Gasteiger partial charge in [-0.1, -0.05) is 44.2 Å². The first-order chi connectivity index (χ1) is 9.83. The summed E-state index contributed by atoms with van der Waals surface area (Å²) in [5.41, 5.74) is -0.425. The normalized spacial score (nSPS) is 13.6. The monoisotopic (exact) mass is 293 g/mol. The molecule has 0 spiro atoms. The molecule has 116 valence electrons. The molecular formula is C16H23NO4. The van der Waals surface area contributed by atoms with Crippen molar-refractivity contribution in [3.05, 3.63) is 35.9 Å². The number of likely N-dealkylation sites (N-methyl/N-ethyl adjacent to an activating group) is 1. The van der Waals surface area contributed by atoms with E-state index in [1.807, 2.05) is 30.3 Å². The molecule has 0 radical (unpaired) electrons. The van der Waals surface area contributed by atoms with Crippen molar-refractivity contribution in [3.8, 4) is 0 Å². The van der Waals surface area contributed by atoms with Gasteiger partial charge in [0, 0.05) is 6.54 Å². The van der Waals surface area contributed by atoms with Crippen LogP contribution in [0, 0.1) is 5.92 Å². The van der Waals surface area contributed by atoms with E-state index in [0.717, 1.165) is 5.56 Å². The highest BCUT2D eigenvalue weighted by Gasteiger charge is 2.45. The van der Waals surface area contributed by atoms with Crippen LogP contribution in [0.5, 0.6) is 0 Å². The number of hydrogen-bond donors (Lipinski definition) is 1. The summed E-state index contributed by atoms with van der Waals surface area (Å²) in [6, 6.07) is 9.29. The largest absolute Gasteiger partial charge is 0.479 e. The Labute approximate surface area is 125 Å². The predicted molar refractivity (Wildman–Crippen MR) is 79.9 cm³/mol. The van der Waals surface area contributed by atoms with E-state index in [2.05, 4.69) is 0 Å².